The molecular formula is C9H14N2. The molecule has 1 aromatic heterocycles. The maximum atomic E-state index is 4.25. The second kappa shape index (κ2) is 2.68. The summed E-state index contributed by atoms with van der Waals surface area (Å²) < 4.78 is 2.11. The molecule has 2 heteroatoms. The average molecular weight is 150 g/mol. The van der Waals surface area contributed by atoms with E-state index in [9.17, 15) is 0 Å². The van der Waals surface area contributed by atoms with Crippen LogP contribution in [0, 0.1) is 12.8 Å². The Morgan fingerprint density at radius 2 is 2.45 bits per heavy atom. The average Bonchev–Trinajstić information content (AvgIpc) is 2.27. The first-order chi connectivity index (χ1) is 5.36. The zero-order valence-corrected chi connectivity index (χ0v) is 6.95. The smallest absolute Gasteiger partial charge is 0.0492 e. The van der Waals surface area contributed by atoms with E-state index in [4.69, 9.17) is 0 Å². The number of aryl methyl sites for hydroxylation is 1. The van der Waals surface area contributed by atoms with E-state index in [2.05, 4.69) is 22.8 Å². The molecule has 0 atom stereocenters. The summed E-state index contributed by atoms with van der Waals surface area (Å²) in [5, 5.41) is 4.25. The van der Waals surface area contributed by atoms with Crippen LogP contribution in [0.3, 0.4) is 0 Å². The van der Waals surface area contributed by atoms with Crippen molar-refractivity contribution < 1.29 is 0 Å². The van der Waals surface area contributed by atoms with Crippen LogP contribution in [0.25, 0.3) is 0 Å². The highest BCUT2D eigenvalue weighted by Gasteiger charge is 2.18. The monoisotopic (exact) mass is 150 g/mol. The molecule has 0 bridgehead atoms. The fourth-order valence-electron chi connectivity index (χ4n) is 1.51. The van der Waals surface area contributed by atoms with Crippen molar-refractivity contribution >= 4 is 0 Å². The first-order valence-corrected chi connectivity index (χ1v) is 4.34. The molecule has 11 heavy (non-hydrogen) atoms. The van der Waals surface area contributed by atoms with Gasteiger partial charge in [-0.2, -0.15) is 5.10 Å². The predicted octanol–water partition coefficient (Wildman–Crippen LogP) is 1.99. The molecule has 1 fully saturated rings. The van der Waals surface area contributed by atoms with Gasteiger partial charge in [0.05, 0.1) is 0 Å². The highest BCUT2D eigenvalue weighted by atomic mass is 15.3. The Bertz CT molecular complexity index is 235. The Balaban J connectivity index is 1.99. The molecule has 0 aliphatic heterocycles. The molecule has 0 unspecified atom stereocenters. The summed E-state index contributed by atoms with van der Waals surface area (Å²) >= 11 is 0. The lowest BCUT2D eigenvalue weighted by Gasteiger charge is -2.25. The molecule has 0 spiro atoms. The Morgan fingerprint density at radius 3 is 2.91 bits per heavy atom. The van der Waals surface area contributed by atoms with Crippen molar-refractivity contribution in [1.82, 2.24) is 9.78 Å². The molecule has 1 aromatic rings. The highest BCUT2D eigenvalue weighted by Crippen LogP contribution is 2.27. The van der Waals surface area contributed by atoms with Gasteiger partial charge in [0, 0.05) is 18.4 Å². The van der Waals surface area contributed by atoms with E-state index < -0.39 is 0 Å². The maximum absolute atomic E-state index is 4.25. The zero-order valence-electron chi connectivity index (χ0n) is 6.95. The van der Waals surface area contributed by atoms with Gasteiger partial charge in [-0.3, -0.25) is 4.68 Å². The maximum Gasteiger partial charge on any atom is 0.0492 e. The molecule has 0 N–H and O–H groups in total. The Hall–Kier alpha value is -0.790. The molecule has 60 valence electrons. The van der Waals surface area contributed by atoms with Gasteiger partial charge in [-0.1, -0.05) is 6.42 Å². The van der Waals surface area contributed by atoms with Gasteiger partial charge < -0.3 is 0 Å². The van der Waals surface area contributed by atoms with Crippen LogP contribution < -0.4 is 0 Å². The second-order valence-electron chi connectivity index (χ2n) is 3.45. The number of hydrogen-bond donors (Lipinski definition) is 0. The predicted molar refractivity (Wildman–Crippen MR) is 44.3 cm³/mol. The number of aromatic nitrogens is 2. The van der Waals surface area contributed by atoms with Gasteiger partial charge in [0.1, 0.15) is 0 Å². The van der Waals surface area contributed by atoms with E-state index in [1.54, 1.807) is 0 Å². The molecule has 2 nitrogen and oxygen atoms in total. The lowest BCUT2D eigenvalue weighted by Crippen LogP contribution is -2.19. The minimum absolute atomic E-state index is 0.911. The van der Waals surface area contributed by atoms with E-state index in [0.717, 1.165) is 12.5 Å². The van der Waals surface area contributed by atoms with E-state index >= 15 is 0 Å². The summed E-state index contributed by atoms with van der Waals surface area (Å²) in [5.41, 5.74) is 1.29. The standard InChI is InChI=1S/C9H14N2/c1-8-5-6-10-11(8)7-9-3-2-4-9/h5-6,9H,2-4,7H2,1H3. The van der Waals surface area contributed by atoms with E-state index in [1.807, 2.05) is 6.20 Å². The van der Waals surface area contributed by atoms with Crippen molar-refractivity contribution in [3.05, 3.63) is 18.0 Å². The van der Waals surface area contributed by atoms with E-state index in [-0.39, 0.29) is 0 Å². The quantitative estimate of drug-likeness (QED) is 0.630. The third-order valence-corrected chi connectivity index (χ3v) is 2.58. The highest BCUT2D eigenvalue weighted by molar-refractivity contribution is 4.96. The van der Waals surface area contributed by atoms with Crippen molar-refractivity contribution in [2.45, 2.75) is 32.7 Å². The largest absolute Gasteiger partial charge is 0.270 e. The van der Waals surface area contributed by atoms with E-state index in [0.29, 0.717) is 0 Å². The van der Waals surface area contributed by atoms with Crippen LogP contribution in [0.4, 0.5) is 0 Å². The van der Waals surface area contributed by atoms with Gasteiger partial charge in [0.2, 0.25) is 0 Å². The summed E-state index contributed by atoms with van der Waals surface area (Å²) in [6.07, 6.45) is 6.11. The van der Waals surface area contributed by atoms with Crippen LogP contribution in [0.5, 0.6) is 0 Å². The Morgan fingerprint density at radius 1 is 1.64 bits per heavy atom. The molecule has 0 amide bonds. The molecule has 1 aliphatic rings. The first kappa shape index (κ1) is 6.89. The Kier molecular flexibility index (Phi) is 1.68. The van der Waals surface area contributed by atoms with Crippen LogP contribution in [-0.2, 0) is 6.54 Å². The van der Waals surface area contributed by atoms with Crippen molar-refractivity contribution in [2.75, 3.05) is 0 Å². The van der Waals surface area contributed by atoms with Gasteiger partial charge in [-0.25, -0.2) is 0 Å². The SMILES string of the molecule is Cc1ccnn1CC1CCC1. The molecule has 1 heterocycles. The first-order valence-electron chi connectivity index (χ1n) is 4.34. The lowest BCUT2D eigenvalue weighted by atomic mass is 9.85. The Labute approximate surface area is 67.2 Å². The van der Waals surface area contributed by atoms with Gasteiger partial charge in [-0.05, 0) is 31.7 Å². The lowest BCUT2D eigenvalue weighted by molar-refractivity contribution is 0.264. The van der Waals surface area contributed by atoms with Crippen LogP contribution in [0.2, 0.25) is 0 Å². The fraction of sp³-hybridized carbons (Fsp3) is 0.667. The summed E-state index contributed by atoms with van der Waals surface area (Å²) in [4.78, 5) is 0. The zero-order chi connectivity index (χ0) is 7.68. The second-order valence-corrected chi connectivity index (χ2v) is 3.45. The van der Waals surface area contributed by atoms with Gasteiger partial charge in [0.25, 0.3) is 0 Å². The van der Waals surface area contributed by atoms with Crippen LogP contribution in [0.1, 0.15) is 25.0 Å². The van der Waals surface area contributed by atoms with Crippen LogP contribution >= 0.6 is 0 Å². The van der Waals surface area contributed by atoms with Gasteiger partial charge in [-0.15, -0.1) is 0 Å². The summed E-state index contributed by atoms with van der Waals surface area (Å²) in [6.45, 7) is 3.25. The van der Waals surface area contributed by atoms with Crippen molar-refractivity contribution in [1.29, 1.82) is 0 Å². The van der Waals surface area contributed by atoms with Crippen LogP contribution in [0.15, 0.2) is 12.3 Å². The minimum Gasteiger partial charge on any atom is -0.270 e. The third kappa shape index (κ3) is 1.30. The number of rotatable bonds is 2. The molecule has 0 aromatic carbocycles. The minimum atomic E-state index is 0.911. The van der Waals surface area contributed by atoms with Crippen molar-refractivity contribution in [3.63, 3.8) is 0 Å². The molecule has 0 saturated heterocycles. The van der Waals surface area contributed by atoms with Crippen molar-refractivity contribution in [2.24, 2.45) is 5.92 Å². The summed E-state index contributed by atoms with van der Waals surface area (Å²) in [6, 6.07) is 2.07. The molecule has 0 radical (unpaired) electrons. The normalized spacial score (nSPS) is 18.3. The number of hydrogen-bond acceptors (Lipinski definition) is 1. The summed E-state index contributed by atoms with van der Waals surface area (Å²) in [7, 11) is 0. The molecule has 1 aliphatic carbocycles. The summed E-state index contributed by atoms with van der Waals surface area (Å²) in [5.74, 6) is 0.911. The van der Waals surface area contributed by atoms with Gasteiger partial charge in [0.15, 0.2) is 0 Å². The molecule has 2 rings (SSSR count). The van der Waals surface area contributed by atoms with E-state index in [1.165, 1.54) is 25.0 Å². The van der Waals surface area contributed by atoms with Crippen molar-refractivity contribution in [3.8, 4) is 0 Å². The molecule has 1 saturated carbocycles. The van der Waals surface area contributed by atoms with Gasteiger partial charge >= 0.3 is 0 Å². The fourth-order valence-corrected chi connectivity index (χ4v) is 1.51. The molecular weight excluding hydrogens is 136 g/mol. The topological polar surface area (TPSA) is 17.8 Å². The van der Waals surface area contributed by atoms with Crippen LogP contribution in [-0.4, -0.2) is 9.78 Å². The third-order valence-electron chi connectivity index (χ3n) is 2.58. The number of nitrogens with zero attached hydrogens (tertiary/aromatic N) is 2.